The number of rotatable bonds is 11. The number of phenols is 1. The van der Waals surface area contributed by atoms with E-state index in [2.05, 4.69) is 4.90 Å². The maximum atomic E-state index is 13.4. The van der Waals surface area contributed by atoms with Gasteiger partial charge in [0.15, 0.2) is 11.5 Å². The average Bonchev–Trinajstić information content (AvgIpc) is 3.14. The van der Waals surface area contributed by atoms with Gasteiger partial charge in [-0.2, -0.15) is 0 Å². The first kappa shape index (κ1) is 28.1. The van der Waals surface area contributed by atoms with Crippen LogP contribution in [0.3, 0.4) is 0 Å². The molecule has 2 N–H and O–H groups in total. The van der Waals surface area contributed by atoms with Crippen LogP contribution in [0, 0.1) is 0 Å². The lowest BCUT2D eigenvalue weighted by molar-refractivity contribution is -0.140. The van der Waals surface area contributed by atoms with Gasteiger partial charge in [0.2, 0.25) is 0 Å². The summed E-state index contributed by atoms with van der Waals surface area (Å²) in [4.78, 5) is 30.3. The molecule has 0 spiro atoms. The number of ketones is 1. The van der Waals surface area contributed by atoms with Gasteiger partial charge in [0.1, 0.15) is 11.5 Å². The van der Waals surface area contributed by atoms with Crippen molar-refractivity contribution >= 4 is 17.4 Å². The summed E-state index contributed by atoms with van der Waals surface area (Å²) in [6, 6.07) is 9.16. The number of benzene rings is 2. The SMILES string of the molecule is CCOc1cc(C2/C(=C(\O)c3ccc(OC)c(C(C)C)c3)C(=O)C(=O)N2CCN(CC)CC)ccc1O. The van der Waals surface area contributed by atoms with Gasteiger partial charge in [-0.05, 0) is 67.4 Å². The molecule has 1 heterocycles. The number of aliphatic hydroxyl groups is 1. The van der Waals surface area contributed by atoms with Crippen molar-refractivity contribution in [2.24, 2.45) is 0 Å². The van der Waals surface area contributed by atoms with Crippen molar-refractivity contribution in [3.05, 3.63) is 58.7 Å². The van der Waals surface area contributed by atoms with E-state index in [-0.39, 0.29) is 28.7 Å². The van der Waals surface area contributed by atoms with Crippen LogP contribution in [0.5, 0.6) is 17.2 Å². The largest absolute Gasteiger partial charge is 0.507 e. The fourth-order valence-electron chi connectivity index (χ4n) is 4.71. The van der Waals surface area contributed by atoms with Crippen LogP contribution < -0.4 is 9.47 Å². The molecule has 1 amide bonds. The van der Waals surface area contributed by atoms with Gasteiger partial charge in [-0.3, -0.25) is 9.59 Å². The van der Waals surface area contributed by atoms with Crippen molar-refractivity contribution < 1.29 is 29.3 Å². The molecule has 0 bridgehead atoms. The highest BCUT2D eigenvalue weighted by Gasteiger charge is 2.46. The summed E-state index contributed by atoms with van der Waals surface area (Å²) in [6.07, 6.45) is 0. The van der Waals surface area contributed by atoms with Gasteiger partial charge in [0, 0.05) is 18.7 Å². The van der Waals surface area contributed by atoms with E-state index in [4.69, 9.17) is 9.47 Å². The summed E-state index contributed by atoms with van der Waals surface area (Å²) < 4.78 is 11.0. The maximum Gasteiger partial charge on any atom is 0.295 e. The zero-order valence-electron chi connectivity index (χ0n) is 22.6. The smallest absolute Gasteiger partial charge is 0.295 e. The molecule has 0 aromatic heterocycles. The molecule has 1 atom stereocenters. The molecule has 0 saturated carbocycles. The fourth-order valence-corrected chi connectivity index (χ4v) is 4.71. The van der Waals surface area contributed by atoms with Gasteiger partial charge in [-0.1, -0.05) is 33.8 Å². The molecule has 1 aliphatic rings. The highest BCUT2D eigenvalue weighted by atomic mass is 16.5. The molecule has 37 heavy (non-hydrogen) atoms. The van der Waals surface area contributed by atoms with Crippen LogP contribution in [0.25, 0.3) is 5.76 Å². The first-order valence-electron chi connectivity index (χ1n) is 12.8. The third-order valence-corrected chi connectivity index (χ3v) is 6.82. The normalized spacial score (nSPS) is 17.2. The van der Waals surface area contributed by atoms with Crippen molar-refractivity contribution in [3.8, 4) is 17.2 Å². The molecule has 3 rings (SSSR count). The predicted molar refractivity (Wildman–Crippen MR) is 143 cm³/mol. The molecule has 2 aromatic rings. The third-order valence-electron chi connectivity index (χ3n) is 6.82. The van der Waals surface area contributed by atoms with E-state index in [1.807, 2.05) is 27.7 Å². The Labute approximate surface area is 219 Å². The highest BCUT2D eigenvalue weighted by Crippen LogP contribution is 2.42. The van der Waals surface area contributed by atoms with Crippen LogP contribution in [0.4, 0.5) is 0 Å². The van der Waals surface area contributed by atoms with E-state index in [1.165, 1.54) is 11.0 Å². The number of hydrogen-bond acceptors (Lipinski definition) is 7. The van der Waals surface area contributed by atoms with Crippen molar-refractivity contribution in [2.75, 3.05) is 39.9 Å². The van der Waals surface area contributed by atoms with Crippen LogP contribution in [0.2, 0.25) is 0 Å². The number of Topliss-reactive ketones (excluding diaryl/α,β-unsaturated/α-hetero) is 1. The number of carbonyl (C=O) groups excluding carboxylic acids is 2. The monoisotopic (exact) mass is 510 g/mol. The summed E-state index contributed by atoms with van der Waals surface area (Å²) in [7, 11) is 1.59. The number of aromatic hydroxyl groups is 1. The van der Waals surface area contributed by atoms with Gasteiger partial charge in [0.25, 0.3) is 11.7 Å². The number of phenolic OH excluding ortho intramolecular Hbond substituents is 1. The second-order valence-electron chi connectivity index (χ2n) is 9.29. The van der Waals surface area contributed by atoms with E-state index in [0.717, 1.165) is 18.7 Å². The van der Waals surface area contributed by atoms with Gasteiger partial charge in [-0.15, -0.1) is 0 Å². The number of nitrogens with zero attached hydrogens (tertiary/aromatic N) is 2. The van der Waals surface area contributed by atoms with Crippen LogP contribution in [-0.2, 0) is 9.59 Å². The van der Waals surface area contributed by atoms with Crippen molar-refractivity contribution in [1.82, 2.24) is 9.80 Å². The molecule has 2 aromatic carbocycles. The van der Waals surface area contributed by atoms with Crippen LogP contribution in [0.1, 0.15) is 63.3 Å². The van der Waals surface area contributed by atoms with Crippen molar-refractivity contribution in [3.63, 3.8) is 0 Å². The maximum absolute atomic E-state index is 13.4. The molecule has 0 aliphatic carbocycles. The first-order chi connectivity index (χ1) is 17.7. The number of likely N-dealkylation sites (tertiary alicyclic amines) is 1. The van der Waals surface area contributed by atoms with E-state index in [9.17, 15) is 19.8 Å². The Hall–Kier alpha value is -3.52. The van der Waals surface area contributed by atoms with E-state index in [0.29, 0.717) is 36.6 Å². The lowest BCUT2D eigenvalue weighted by Crippen LogP contribution is -2.38. The standard InChI is InChI=1S/C29H38N2O6/c1-7-30(8-2)14-15-31-26(19-10-12-22(32)24(17-19)37-9-3)25(28(34)29(31)35)27(33)20-11-13-23(36-6)21(16-20)18(4)5/h10-13,16-18,26,32-33H,7-9,14-15H2,1-6H3/b27-25+. The topological polar surface area (TPSA) is 99.5 Å². The fraction of sp³-hybridized carbons (Fsp3) is 0.448. The van der Waals surface area contributed by atoms with Crippen molar-refractivity contribution in [2.45, 2.75) is 46.6 Å². The summed E-state index contributed by atoms with van der Waals surface area (Å²) in [5.41, 5.74) is 1.89. The Morgan fingerprint density at radius 2 is 1.76 bits per heavy atom. The van der Waals surface area contributed by atoms with Crippen LogP contribution >= 0.6 is 0 Å². The predicted octanol–water partition coefficient (Wildman–Crippen LogP) is 4.69. The Bertz CT molecular complexity index is 1170. The lowest BCUT2D eigenvalue weighted by Gasteiger charge is -2.28. The zero-order valence-corrected chi connectivity index (χ0v) is 22.6. The minimum Gasteiger partial charge on any atom is -0.507 e. The van der Waals surface area contributed by atoms with Crippen LogP contribution in [-0.4, -0.2) is 71.6 Å². The lowest BCUT2D eigenvalue weighted by atomic mass is 9.93. The number of hydrogen-bond donors (Lipinski definition) is 2. The Morgan fingerprint density at radius 3 is 2.35 bits per heavy atom. The minimum atomic E-state index is -0.833. The van der Waals surface area contributed by atoms with Crippen molar-refractivity contribution in [1.29, 1.82) is 0 Å². The number of ether oxygens (including phenoxy) is 2. The number of aliphatic hydroxyl groups excluding tert-OH is 1. The summed E-state index contributed by atoms with van der Waals surface area (Å²) in [6.45, 7) is 12.7. The molecule has 0 radical (unpaired) electrons. The molecular weight excluding hydrogens is 472 g/mol. The Kier molecular flexibility index (Phi) is 9.21. The molecule has 1 saturated heterocycles. The number of methoxy groups -OCH3 is 1. The Balaban J connectivity index is 2.19. The van der Waals surface area contributed by atoms with E-state index < -0.39 is 17.7 Å². The summed E-state index contributed by atoms with van der Waals surface area (Å²) in [5, 5.41) is 21.7. The van der Waals surface area contributed by atoms with Crippen LogP contribution in [0.15, 0.2) is 42.0 Å². The van der Waals surface area contributed by atoms with Gasteiger partial charge >= 0.3 is 0 Å². The second-order valence-corrected chi connectivity index (χ2v) is 9.29. The number of likely N-dealkylation sites (N-methyl/N-ethyl adjacent to an activating group) is 1. The average molecular weight is 511 g/mol. The molecule has 200 valence electrons. The summed E-state index contributed by atoms with van der Waals surface area (Å²) >= 11 is 0. The molecule has 1 aliphatic heterocycles. The van der Waals surface area contributed by atoms with Gasteiger partial charge in [-0.25, -0.2) is 0 Å². The summed E-state index contributed by atoms with van der Waals surface area (Å²) in [5.74, 6) is -0.645. The zero-order chi connectivity index (χ0) is 27.3. The third kappa shape index (κ3) is 5.74. The molecule has 1 unspecified atom stereocenters. The number of carbonyl (C=O) groups is 2. The minimum absolute atomic E-state index is 0.0116. The second kappa shape index (κ2) is 12.1. The van der Waals surface area contributed by atoms with E-state index in [1.54, 1.807) is 44.4 Å². The molecule has 8 nitrogen and oxygen atoms in total. The quantitative estimate of drug-likeness (QED) is 0.257. The van der Waals surface area contributed by atoms with Gasteiger partial charge < -0.3 is 29.5 Å². The Morgan fingerprint density at radius 1 is 1.05 bits per heavy atom. The molecular formula is C29H38N2O6. The van der Waals surface area contributed by atoms with Gasteiger partial charge in [0.05, 0.1) is 25.3 Å². The molecule has 8 heteroatoms. The number of amides is 1. The van der Waals surface area contributed by atoms with E-state index >= 15 is 0 Å². The highest BCUT2D eigenvalue weighted by molar-refractivity contribution is 6.46. The first-order valence-corrected chi connectivity index (χ1v) is 12.8. The molecule has 1 fully saturated rings.